The molecule has 5 heteroatoms. The topological polar surface area (TPSA) is 58.6 Å². The van der Waals surface area contributed by atoms with Gasteiger partial charge in [-0.2, -0.15) is 0 Å². The van der Waals surface area contributed by atoms with Crippen LogP contribution in [0.3, 0.4) is 0 Å². The van der Waals surface area contributed by atoms with Crippen LogP contribution in [0.2, 0.25) is 0 Å². The molecule has 0 saturated carbocycles. The van der Waals surface area contributed by atoms with Crippen LogP contribution in [0.4, 0.5) is 0 Å². The number of rotatable bonds is 8. The Labute approximate surface area is 118 Å². The highest BCUT2D eigenvalue weighted by atomic mass is 31.2. The summed E-state index contributed by atoms with van der Waals surface area (Å²) in [6, 6.07) is 0. The lowest BCUT2D eigenvalue weighted by atomic mass is 9.97. The molecule has 0 atom stereocenters. The van der Waals surface area contributed by atoms with Crippen molar-refractivity contribution < 1.29 is 18.5 Å². The smallest absolute Gasteiger partial charge is 0.268 e. The molecule has 0 spiro atoms. The molecule has 0 fully saturated rings. The molecule has 0 saturated heterocycles. The number of phosphoric ester groups is 1. The summed E-state index contributed by atoms with van der Waals surface area (Å²) >= 11 is 0. The van der Waals surface area contributed by atoms with Gasteiger partial charge in [-0.25, -0.2) is 0 Å². The van der Waals surface area contributed by atoms with Gasteiger partial charge in [0.1, 0.15) is 0 Å². The zero-order valence-electron chi connectivity index (χ0n) is 13.5. The maximum absolute atomic E-state index is 12.1. The number of phosphoric acid groups is 1. The molecule has 116 valence electrons. The van der Waals surface area contributed by atoms with Gasteiger partial charge < -0.3 is 13.9 Å². The first kappa shape index (κ1) is 19.1. The molecule has 0 aliphatic rings. The second-order valence-corrected chi connectivity index (χ2v) is 7.88. The highest BCUT2D eigenvalue weighted by Crippen LogP contribution is 2.46. The lowest BCUT2D eigenvalue weighted by molar-refractivity contribution is -0.240. The normalized spacial score (nSPS) is 13.8. The fourth-order valence-electron chi connectivity index (χ4n) is 2.35. The Morgan fingerprint density at radius 2 is 0.895 bits per heavy atom. The molecule has 0 aromatic carbocycles. The van der Waals surface area contributed by atoms with Crippen molar-refractivity contribution in [1.29, 1.82) is 0 Å². The zero-order valence-corrected chi connectivity index (χ0v) is 14.4. The van der Waals surface area contributed by atoms with E-state index in [0.717, 1.165) is 0 Å². The molecule has 0 aliphatic carbocycles. The molecule has 0 aromatic rings. The molecule has 0 amide bonds. The van der Waals surface area contributed by atoms with Crippen LogP contribution in [0.5, 0.6) is 0 Å². The molecule has 4 nitrogen and oxygen atoms in total. The maximum Gasteiger partial charge on any atom is 0.268 e. The minimum absolute atomic E-state index is 0.127. The van der Waals surface area contributed by atoms with E-state index < -0.39 is 7.82 Å². The third-order valence-corrected chi connectivity index (χ3v) is 4.13. The molecule has 0 bridgehead atoms. The predicted octanol–water partition coefficient (Wildman–Crippen LogP) is 3.85. The Balaban J connectivity index is 4.82. The van der Waals surface area contributed by atoms with Crippen molar-refractivity contribution in [3.05, 3.63) is 0 Å². The summed E-state index contributed by atoms with van der Waals surface area (Å²) in [5, 5.41) is 0. The summed E-state index contributed by atoms with van der Waals surface area (Å²) in [5.74, 6) is 0.509. The average Bonchev–Trinajstić information content (AvgIpc) is 2.21. The van der Waals surface area contributed by atoms with Crippen LogP contribution >= 0.6 is 7.82 Å². The summed E-state index contributed by atoms with van der Waals surface area (Å²) in [5.41, 5.74) is 0. The van der Waals surface area contributed by atoms with Crippen molar-refractivity contribution in [2.75, 3.05) is 0 Å². The molecule has 0 aromatic heterocycles. The Morgan fingerprint density at radius 3 is 1.05 bits per heavy atom. The highest BCUT2D eigenvalue weighted by molar-refractivity contribution is 7.45. The first-order valence-corrected chi connectivity index (χ1v) is 8.61. The largest absolute Gasteiger partial charge is 0.756 e. The van der Waals surface area contributed by atoms with E-state index in [1.54, 1.807) is 0 Å². The number of hydrogen-bond acceptors (Lipinski definition) is 4. The Morgan fingerprint density at radius 1 is 0.684 bits per heavy atom. The van der Waals surface area contributed by atoms with E-state index in [0.29, 0.717) is 0 Å². The maximum atomic E-state index is 12.1. The van der Waals surface area contributed by atoms with Gasteiger partial charge in [-0.1, -0.05) is 55.4 Å². The first-order chi connectivity index (χ1) is 8.48. The van der Waals surface area contributed by atoms with Gasteiger partial charge in [0.05, 0.1) is 12.2 Å². The number of hydrogen-bond donors (Lipinski definition) is 0. The van der Waals surface area contributed by atoms with E-state index >= 15 is 0 Å². The first-order valence-electron chi connectivity index (χ1n) is 7.15. The minimum Gasteiger partial charge on any atom is -0.756 e. The second kappa shape index (κ2) is 7.78. The highest BCUT2D eigenvalue weighted by Gasteiger charge is 2.28. The monoisotopic (exact) mass is 293 g/mol. The predicted molar refractivity (Wildman–Crippen MR) is 76.7 cm³/mol. The Hall–Kier alpha value is 0.110. The summed E-state index contributed by atoms with van der Waals surface area (Å²) in [4.78, 5) is 12.1. The third-order valence-electron chi connectivity index (χ3n) is 3.13. The van der Waals surface area contributed by atoms with E-state index in [-0.39, 0.29) is 35.9 Å². The summed E-state index contributed by atoms with van der Waals surface area (Å²) in [6.45, 7) is 15.6. The Kier molecular flexibility index (Phi) is 7.82. The fraction of sp³-hybridized carbons (Fsp3) is 1.00. The molecule has 19 heavy (non-hydrogen) atoms. The van der Waals surface area contributed by atoms with Crippen LogP contribution in [0.15, 0.2) is 0 Å². The van der Waals surface area contributed by atoms with Crippen molar-refractivity contribution in [3.8, 4) is 0 Å². The van der Waals surface area contributed by atoms with Crippen molar-refractivity contribution in [1.82, 2.24) is 0 Å². The molecule has 0 heterocycles. The molecule has 0 aliphatic heterocycles. The lowest BCUT2D eigenvalue weighted by Gasteiger charge is -2.36. The van der Waals surface area contributed by atoms with Gasteiger partial charge in [-0.15, -0.1) is 0 Å². The Bertz CT molecular complexity index is 258. The van der Waals surface area contributed by atoms with Gasteiger partial charge in [0.15, 0.2) is 0 Å². The van der Waals surface area contributed by atoms with Crippen LogP contribution in [0.1, 0.15) is 55.4 Å². The summed E-state index contributed by atoms with van der Waals surface area (Å²) in [7, 11) is -4.27. The van der Waals surface area contributed by atoms with Gasteiger partial charge in [-0.05, 0) is 23.7 Å². The lowest BCUT2D eigenvalue weighted by Crippen LogP contribution is -2.32. The van der Waals surface area contributed by atoms with Gasteiger partial charge in [0.25, 0.3) is 7.82 Å². The molecular formula is C14H30O4P-. The molecule has 0 rings (SSSR count). The van der Waals surface area contributed by atoms with E-state index in [1.807, 2.05) is 55.4 Å². The van der Waals surface area contributed by atoms with E-state index in [1.165, 1.54) is 0 Å². The van der Waals surface area contributed by atoms with E-state index in [2.05, 4.69) is 0 Å². The van der Waals surface area contributed by atoms with E-state index in [9.17, 15) is 9.46 Å². The van der Waals surface area contributed by atoms with Gasteiger partial charge in [-0.3, -0.25) is 4.57 Å². The average molecular weight is 293 g/mol. The van der Waals surface area contributed by atoms with Crippen LogP contribution in [0.25, 0.3) is 0 Å². The minimum atomic E-state index is -4.27. The quantitative estimate of drug-likeness (QED) is 0.638. The fourth-order valence-corrected chi connectivity index (χ4v) is 3.97. The van der Waals surface area contributed by atoms with Crippen LogP contribution in [0, 0.1) is 23.7 Å². The molecule has 0 unspecified atom stereocenters. The molecular weight excluding hydrogens is 263 g/mol. The van der Waals surface area contributed by atoms with Crippen molar-refractivity contribution >= 4 is 7.82 Å². The second-order valence-electron chi connectivity index (χ2n) is 6.56. The van der Waals surface area contributed by atoms with Crippen molar-refractivity contribution in [3.63, 3.8) is 0 Å². The third kappa shape index (κ3) is 6.89. The van der Waals surface area contributed by atoms with E-state index in [4.69, 9.17) is 9.05 Å². The summed E-state index contributed by atoms with van der Waals surface area (Å²) < 4.78 is 22.6. The van der Waals surface area contributed by atoms with Crippen LogP contribution in [-0.4, -0.2) is 12.2 Å². The zero-order chi connectivity index (χ0) is 15.4. The van der Waals surface area contributed by atoms with Crippen molar-refractivity contribution in [2.24, 2.45) is 23.7 Å². The van der Waals surface area contributed by atoms with Gasteiger partial charge in [0.2, 0.25) is 0 Å². The van der Waals surface area contributed by atoms with Gasteiger partial charge >= 0.3 is 0 Å². The molecule has 0 radical (unpaired) electrons. The van der Waals surface area contributed by atoms with Crippen molar-refractivity contribution in [2.45, 2.75) is 67.6 Å². The summed E-state index contributed by atoms with van der Waals surface area (Å²) in [6.07, 6.45) is -0.688. The SMILES string of the molecule is CC(C)C(OP(=O)([O-])OC(C(C)C)C(C)C)C(C)C. The standard InChI is InChI=1S/C14H31O4P/c1-9(2)13(10(3)4)17-19(15,16)18-14(11(5)6)12(7)8/h9-14H,1-8H3,(H,15,16)/p-1. The van der Waals surface area contributed by atoms with Gasteiger partial charge in [0, 0.05) is 0 Å². The van der Waals surface area contributed by atoms with Crippen LogP contribution in [-0.2, 0) is 13.6 Å². The molecule has 0 N–H and O–H groups in total. The van der Waals surface area contributed by atoms with Crippen LogP contribution < -0.4 is 4.89 Å².